The molecule has 2 rings (SSSR count). The van der Waals surface area contributed by atoms with Crippen molar-refractivity contribution in [1.82, 2.24) is 9.55 Å². The number of halogens is 1. The zero-order chi connectivity index (χ0) is 14.7. The number of aliphatic carboxylic acids is 1. The summed E-state index contributed by atoms with van der Waals surface area (Å²) < 4.78 is 1.77. The van der Waals surface area contributed by atoms with E-state index in [0.29, 0.717) is 21.4 Å². The van der Waals surface area contributed by atoms with E-state index in [1.165, 1.54) is 0 Å². The molecule has 0 aliphatic heterocycles. The molecular formula is C13H10ClN3O2S. The van der Waals surface area contributed by atoms with Crippen LogP contribution in [0.3, 0.4) is 0 Å². The van der Waals surface area contributed by atoms with Crippen LogP contribution in [0.1, 0.15) is 11.3 Å². The van der Waals surface area contributed by atoms with E-state index in [1.807, 2.05) is 13.0 Å². The maximum atomic E-state index is 10.7. The molecule has 2 aromatic rings. The summed E-state index contributed by atoms with van der Waals surface area (Å²) in [4.78, 5) is 14.8. The largest absolute Gasteiger partial charge is 0.481 e. The molecule has 0 bridgehead atoms. The number of aryl methyl sites for hydroxylation is 1. The average molecular weight is 308 g/mol. The summed E-state index contributed by atoms with van der Waals surface area (Å²) in [6.45, 7) is 1.85. The lowest BCUT2D eigenvalue weighted by Crippen LogP contribution is -2.03. The van der Waals surface area contributed by atoms with Crippen LogP contribution in [0.2, 0.25) is 5.02 Å². The van der Waals surface area contributed by atoms with Gasteiger partial charge in [0.25, 0.3) is 0 Å². The molecule has 1 aromatic carbocycles. The summed E-state index contributed by atoms with van der Waals surface area (Å²) in [5.41, 5.74) is 1.98. The molecule has 0 fully saturated rings. The Balaban J connectivity index is 2.44. The normalized spacial score (nSPS) is 10.2. The van der Waals surface area contributed by atoms with Gasteiger partial charge >= 0.3 is 5.97 Å². The van der Waals surface area contributed by atoms with Gasteiger partial charge < -0.3 is 5.11 Å². The SMILES string of the molecule is Cc1cnc(SCC(=O)O)n1-c1ccc(C#N)cc1Cl. The smallest absolute Gasteiger partial charge is 0.313 e. The van der Waals surface area contributed by atoms with Gasteiger partial charge in [-0.3, -0.25) is 9.36 Å². The van der Waals surface area contributed by atoms with Gasteiger partial charge in [0.05, 0.1) is 28.1 Å². The van der Waals surface area contributed by atoms with Crippen LogP contribution in [0.25, 0.3) is 5.69 Å². The number of nitriles is 1. The first kappa shape index (κ1) is 14.4. The van der Waals surface area contributed by atoms with Crippen LogP contribution < -0.4 is 0 Å². The molecule has 0 saturated carbocycles. The zero-order valence-electron chi connectivity index (χ0n) is 10.5. The maximum Gasteiger partial charge on any atom is 0.313 e. The molecule has 1 N–H and O–H groups in total. The Kier molecular flexibility index (Phi) is 4.32. The van der Waals surface area contributed by atoms with Crippen LogP contribution in [0.5, 0.6) is 0 Å². The van der Waals surface area contributed by atoms with Crippen molar-refractivity contribution in [3.63, 3.8) is 0 Å². The first-order valence-corrected chi connectivity index (χ1v) is 6.98. The molecule has 1 heterocycles. The molecule has 7 heteroatoms. The van der Waals surface area contributed by atoms with Gasteiger partial charge in [0, 0.05) is 11.9 Å². The molecule has 0 spiro atoms. The Hall–Kier alpha value is -1.97. The standard InChI is InChI=1S/C13H10ClN3O2S/c1-8-6-16-13(20-7-12(18)19)17(8)11-3-2-9(5-15)4-10(11)14/h2-4,6H,7H2,1H3,(H,18,19). The van der Waals surface area contributed by atoms with Gasteiger partial charge in [0.1, 0.15) is 0 Å². The van der Waals surface area contributed by atoms with Crippen LogP contribution in [0.4, 0.5) is 0 Å². The van der Waals surface area contributed by atoms with Crippen LogP contribution in [-0.4, -0.2) is 26.4 Å². The van der Waals surface area contributed by atoms with Gasteiger partial charge in [-0.15, -0.1) is 0 Å². The van der Waals surface area contributed by atoms with Gasteiger partial charge in [-0.1, -0.05) is 23.4 Å². The van der Waals surface area contributed by atoms with Gasteiger partial charge in [-0.25, -0.2) is 4.98 Å². The lowest BCUT2D eigenvalue weighted by atomic mass is 10.2. The molecule has 20 heavy (non-hydrogen) atoms. The van der Waals surface area contributed by atoms with E-state index in [9.17, 15) is 4.79 Å². The third-order valence-electron chi connectivity index (χ3n) is 2.55. The van der Waals surface area contributed by atoms with Crippen molar-refractivity contribution in [2.75, 3.05) is 5.75 Å². The van der Waals surface area contributed by atoms with Gasteiger partial charge in [0.15, 0.2) is 5.16 Å². The molecule has 0 saturated heterocycles. The minimum atomic E-state index is -0.909. The number of carbonyl (C=O) groups is 1. The zero-order valence-corrected chi connectivity index (χ0v) is 12.1. The second-order valence-electron chi connectivity index (χ2n) is 3.98. The van der Waals surface area contributed by atoms with Crippen molar-refractivity contribution >= 4 is 29.3 Å². The highest BCUT2D eigenvalue weighted by atomic mass is 35.5. The monoisotopic (exact) mass is 307 g/mol. The number of hydrogen-bond donors (Lipinski definition) is 1. The van der Waals surface area contributed by atoms with Crippen LogP contribution >= 0.6 is 23.4 Å². The molecule has 0 unspecified atom stereocenters. The summed E-state index contributed by atoms with van der Waals surface area (Å²) in [7, 11) is 0. The van der Waals surface area contributed by atoms with Crippen molar-refractivity contribution in [1.29, 1.82) is 5.26 Å². The third kappa shape index (κ3) is 2.95. The average Bonchev–Trinajstić information content (AvgIpc) is 2.77. The van der Waals surface area contributed by atoms with Crippen molar-refractivity contribution in [3.05, 3.63) is 40.7 Å². The van der Waals surface area contributed by atoms with E-state index in [2.05, 4.69) is 4.98 Å². The molecule has 5 nitrogen and oxygen atoms in total. The first-order valence-electron chi connectivity index (χ1n) is 5.62. The molecule has 0 radical (unpaired) electrons. The summed E-state index contributed by atoms with van der Waals surface area (Å²) >= 11 is 7.30. The van der Waals surface area contributed by atoms with Crippen molar-refractivity contribution < 1.29 is 9.90 Å². The van der Waals surface area contributed by atoms with Crippen molar-refractivity contribution in [2.45, 2.75) is 12.1 Å². The molecule has 0 aliphatic carbocycles. The van der Waals surface area contributed by atoms with E-state index in [0.717, 1.165) is 17.5 Å². The van der Waals surface area contributed by atoms with E-state index >= 15 is 0 Å². The Bertz CT molecular complexity index is 706. The van der Waals surface area contributed by atoms with Gasteiger partial charge in [-0.2, -0.15) is 5.26 Å². The maximum absolute atomic E-state index is 10.7. The second kappa shape index (κ2) is 5.99. The predicted molar refractivity (Wildman–Crippen MR) is 76.4 cm³/mol. The van der Waals surface area contributed by atoms with Crippen LogP contribution in [0.15, 0.2) is 29.6 Å². The summed E-state index contributed by atoms with van der Waals surface area (Å²) in [5.74, 6) is -0.988. The number of aromatic nitrogens is 2. The van der Waals surface area contributed by atoms with Gasteiger partial charge in [0.2, 0.25) is 0 Å². The first-order chi connectivity index (χ1) is 9.52. The minimum Gasteiger partial charge on any atom is -0.481 e. The molecule has 102 valence electrons. The number of rotatable bonds is 4. The quantitative estimate of drug-likeness (QED) is 0.879. The lowest BCUT2D eigenvalue weighted by Gasteiger charge is -2.11. The fraction of sp³-hybridized carbons (Fsp3) is 0.154. The highest BCUT2D eigenvalue weighted by Gasteiger charge is 2.14. The van der Waals surface area contributed by atoms with Crippen LogP contribution in [0, 0.1) is 18.3 Å². The minimum absolute atomic E-state index is 0.0790. The Morgan fingerprint density at radius 2 is 2.35 bits per heavy atom. The van der Waals surface area contributed by atoms with E-state index in [1.54, 1.807) is 29.0 Å². The third-order valence-corrected chi connectivity index (χ3v) is 3.79. The molecule has 0 atom stereocenters. The number of carboxylic acid groups (broad SMARTS) is 1. The summed E-state index contributed by atoms with van der Waals surface area (Å²) in [6, 6.07) is 6.97. The Labute approximate surface area is 124 Å². The second-order valence-corrected chi connectivity index (χ2v) is 5.33. The number of imidazole rings is 1. The lowest BCUT2D eigenvalue weighted by molar-refractivity contribution is -0.133. The fourth-order valence-electron chi connectivity index (χ4n) is 1.69. The molecule has 1 aromatic heterocycles. The van der Waals surface area contributed by atoms with Crippen molar-refractivity contribution in [3.8, 4) is 11.8 Å². The number of carboxylic acids is 1. The summed E-state index contributed by atoms with van der Waals surface area (Å²) in [6.07, 6.45) is 1.65. The molecule has 0 amide bonds. The number of thioether (sulfide) groups is 1. The highest BCUT2D eigenvalue weighted by molar-refractivity contribution is 7.99. The van der Waals surface area contributed by atoms with Crippen LogP contribution in [-0.2, 0) is 4.79 Å². The van der Waals surface area contributed by atoms with E-state index in [-0.39, 0.29) is 5.75 Å². The number of benzene rings is 1. The highest BCUT2D eigenvalue weighted by Crippen LogP contribution is 2.28. The molecular weight excluding hydrogens is 298 g/mol. The van der Waals surface area contributed by atoms with E-state index < -0.39 is 5.97 Å². The summed E-state index contributed by atoms with van der Waals surface area (Å²) in [5, 5.41) is 18.6. The Morgan fingerprint density at radius 3 is 2.95 bits per heavy atom. The number of hydrogen-bond acceptors (Lipinski definition) is 4. The fourth-order valence-corrected chi connectivity index (χ4v) is 2.71. The van der Waals surface area contributed by atoms with Crippen molar-refractivity contribution in [2.24, 2.45) is 0 Å². The van der Waals surface area contributed by atoms with E-state index in [4.69, 9.17) is 22.0 Å². The van der Waals surface area contributed by atoms with Gasteiger partial charge in [-0.05, 0) is 25.1 Å². The Morgan fingerprint density at radius 1 is 1.60 bits per heavy atom. The predicted octanol–water partition coefficient (Wildman–Crippen LogP) is 2.88. The topological polar surface area (TPSA) is 78.9 Å². The molecule has 0 aliphatic rings. The number of nitrogens with zero attached hydrogens (tertiary/aromatic N) is 3.